The van der Waals surface area contributed by atoms with Gasteiger partial charge in [0.2, 0.25) is 0 Å². The highest BCUT2D eigenvalue weighted by Gasteiger charge is 2.31. The summed E-state index contributed by atoms with van der Waals surface area (Å²) in [6.07, 6.45) is 1.14. The van der Waals surface area contributed by atoms with Crippen molar-refractivity contribution in [1.29, 1.82) is 0 Å². The molecule has 0 saturated carbocycles. The molecule has 0 aromatic heterocycles. The third kappa shape index (κ3) is 3.14. The molecule has 0 heterocycles. The number of nitrogens with zero attached hydrogens (tertiary/aromatic N) is 1. The number of ketones is 1. The zero-order valence-corrected chi connectivity index (χ0v) is 9.50. The molecular formula is C7H14N2O4P+. The Morgan fingerprint density at radius 1 is 1.43 bits per heavy atom. The highest BCUT2D eigenvalue weighted by molar-refractivity contribution is 7.59. The summed E-state index contributed by atoms with van der Waals surface area (Å²) in [5, 5.41) is 5.94. The second-order valence-corrected chi connectivity index (χ2v) is 4.49. The number of carbonyl (C=O) groups is 1. The van der Waals surface area contributed by atoms with Crippen molar-refractivity contribution in [3.63, 3.8) is 0 Å². The first kappa shape index (κ1) is 13.2. The van der Waals surface area contributed by atoms with Crippen LogP contribution in [0.5, 0.6) is 0 Å². The van der Waals surface area contributed by atoms with Gasteiger partial charge in [0, 0.05) is 14.2 Å². The smallest absolute Gasteiger partial charge is 0.308 e. The molecule has 0 aliphatic carbocycles. The van der Waals surface area contributed by atoms with Crippen LogP contribution in [0.1, 0.15) is 6.92 Å². The molecule has 80 valence electrons. The van der Waals surface area contributed by atoms with Gasteiger partial charge in [-0.3, -0.25) is 9.36 Å². The highest BCUT2D eigenvalue weighted by atomic mass is 31.2. The van der Waals surface area contributed by atoms with Gasteiger partial charge in [-0.25, -0.2) is 0 Å². The lowest BCUT2D eigenvalue weighted by Gasteiger charge is -2.13. The van der Waals surface area contributed by atoms with Crippen LogP contribution in [0.25, 0.3) is 0 Å². The molecule has 0 aliphatic heterocycles. The number of azo groups is 1. The lowest BCUT2D eigenvalue weighted by molar-refractivity contribution is -0.495. The molecular weight excluding hydrogens is 207 g/mol. The minimum absolute atomic E-state index is 0.0862. The Kier molecular flexibility index (Phi) is 5.45. The van der Waals surface area contributed by atoms with Crippen LogP contribution in [0.2, 0.25) is 0 Å². The van der Waals surface area contributed by atoms with E-state index in [0.717, 1.165) is 6.20 Å². The van der Waals surface area contributed by atoms with Crippen LogP contribution < -0.4 is 5.11 Å². The maximum Gasteiger partial charge on any atom is 0.366 e. The van der Waals surface area contributed by atoms with E-state index in [1.807, 2.05) is 0 Å². The fourth-order valence-electron chi connectivity index (χ4n) is 0.751. The SMILES string of the molecule is C[NH+]=N/C=C(/C(C)=O)P(=O)(OC)OC. The molecule has 0 amide bonds. The number of rotatable bonds is 5. The van der Waals surface area contributed by atoms with E-state index >= 15 is 0 Å². The second-order valence-electron chi connectivity index (χ2n) is 2.29. The molecule has 6 nitrogen and oxygen atoms in total. The van der Waals surface area contributed by atoms with E-state index in [2.05, 4.69) is 19.3 Å². The van der Waals surface area contributed by atoms with Crippen LogP contribution in [0, 0.1) is 0 Å². The summed E-state index contributed by atoms with van der Waals surface area (Å²) in [6.45, 7) is 1.27. The standard InChI is InChI=1S/C7H13N2O4P/c1-6(10)7(5-9-8-2)14(11,12-3)13-4/h5H,1-4H3/p+1/b7-5-,9-8?. The molecule has 14 heavy (non-hydrogen) atoms. The predicted molar refractivity (Wildman–Crippen MR) is 49.7 cm³/mol. The van der Waals surface area contributed by atoms with Crippen LogP contribution in [-0.2, 0) is 18.4 Å². The first-order valence-corrected chi connectivity index (χ1v) is 5.36. The van der Waals surface area contributed by atoms with E-state index in [9.17, 15) is 9.36 Å². The summed E-state index contributed by atoms with van der Waals surface area (Å²) >= 11 is 0. The van der Waals surface area contributed by atoms with E-state index in [0.29, 0.717) is 0 Å². The normalized spacial score (nSPS) is 13.6. The summed E-state index contributed by atoms with van der Waals surface area (Å²) in [5.41, 5.74) is 0. The fraction of sp³-hybridized carbons (Fsp3) is 0.571. The van der Waals surface area contributed by atoms with Gasteiger partial charge in [-0.2, -0.15) is 0 Å². The van der Waals surface area contributed by atoms with Crippen molar-refractivity contribution in [2.75, 3.05) is 21.3 Å². The third-order valence-electron chi connectivity index (χ3n) is 1.45. The number of nitrogens with one attached hydrogen (secondary N) is 1. The van der Waals surface area contributed by atoms with Gasteiger partial charge in [-0.15, -0.1) is 5.11 Å². The number of hydrogen-bond donors (Lipinski definition) is 1. The molecule has 0 radical (unpaired) electrons. The average Bonchev–Trinajstić information content (AvgIpc) is 2.17. The van der Waals surface area contributed by atoms with Gasteiger partial charge < -0.3 is 9.05 Å². The van der Waals surface area contributed by atoms with Gasteiger partial charge in [0.05, 0.1) is 0 Å². The largest absolute Gasteiger partial charge is 0.366 e. The van der Waals surface area contributed by atoms with Crippen molar-refractivity contribution in [3.8, 4) is 0 Å². The Balaban J connectivity index is 5.20. The van der Waals surface area contributed by atoms with E-state index in [1.54, 1.807) is 7.05 Å². The van der Waals surface area contributed by atoms with Crippen molar-refractivity contribution >= 4 is 13.4 Å². The molecule has 0 bridgehead atoms. The van der Waals surface area contributed by atoms with Gasteiger partial charge in [0.15, 0.2) is 12.8 Å². The third-order valence-corrected chi connectivity index (χ3v) is 3.43. The summed E-state index contributed by atoms with van der Waals surface area (Å²) in [5.74, 6) is -0.406. The maximum absolute atomic E-state index is 11.8. The molecule has 0 atom stereocenters. The van der Waals surface area contributed by atoms with Gasteiger partial charge in [-0.05, 0) is 12.0 Å². The first-order valence-electron chi connectivity index (χ1n) is 3.81. The van der Waals surface area contributed by atoms with Crippen molar-refractivity contribution in [2.24, 2.45) is 5.11 Å². The molecule has 1 N–H and O–H groups in total. The Labute approximate surface area is 82.5 Å². The van der Waals surface area contributed by atoms with E-state index in [4.69, 9.17) is 0 Å². The average molecular weight is 221 g/mol. The minimum atomic E-state index is -3.50. The first-order chi connectivity index (χ1) is 6.51. The van der Waals surface area contributed by atoms with Crippen LogP contribution >= 0.6 is 7.60 Å². The molecule has 0 fully saturated rings. The quantitative estimate of drug-likeness (QED) is 0.404. The highest BCUT2D eigenvalue weighted by Crippen LogP contribution is 2.54. The van der Waals surface area contributed by atoms with E-state index in [1.165, 1.54) is 21.1 Å². The molecule has 0 saturated heterocycles. The Bertz CT molecular complexity index is 303. The minimum Gasteiger partial charge on any atom is -0.308 e. The zero-order valence-electron chi connectivity index (χ0n) is 8.60. The fourth-order valence-corrected chi connectivity index (χ4v) is 1.88. The molecule has 7 heteroatoms. The molecule has 0 spiro atoms. The predicted octanol–water partition coefficient (Wildman–Crippen LogP) is 0.0653. The zero-order chi connectivity index (χ0) is 11.2. The molecule has 0 unspecified atom stereocenters. The number of allylic oxidation sites excluding steroid dienone is 1. The van der Waals surface area contributed by atoms with E-state index in [-0.39, 0.29) is 5.31 Å². The Morgan fingerprint density at radius 3 is 2.21 bits per heavy atom. The van der Waals surface area contributed by atoms with Crippen LogP contribution in [-0.4, -0.2) is 27.1 Å². The van der Waals surface area contributed by atoms with Gasteiger partial charge >= 0.3 is 7.60 Å². The van der Waals surface area contributed by atoms with Gasteiger partial charge in [-0.1, -0.05) is 0 Å². The summed E-state index contributed by atoms with van der Waals surface area (Å²) in [6, 6.07) is 0. The summed E-state index contributed by atoms with van der Waals surface area (Å²) in [4.78, 5) is 11.1. The Morgan fingerprint density at radius 2 is 1.93 bits per heavy atom. The lowest BCUT2D eigenvalue weighted by Crippen LogP contribution is -2.58. The number of hydrogen-bond acceptors (Lipinski definition) is 5. The monoisotopic (exact) mass is 221 g/mol. The van der Waals surface area contributed by atoms with Crippen LogP contribution in [0.15, 0.2) is 16.6 Å². The molecule has 0 aromatic rings. The van der Waals surface area contributed by atoms with Gasteiger partial charge in [0.25, 0.3) is 0 Å². The lowest BCUT2D eigenvalue weighted by atomic mass is 10.4. The van der Waals surface area contributed by atoms with Crippen molar-refractivity contribution < 1.29 is 23.5 Å². The van der Waals surface area contributed by atoms with Crippen LogP contribution in [0.3, 0.4) is 0 Å². The van der Waals surface area contributed by atoms with Crippen LogP contribution in [0.4, 0.5) is 0 Å². The van der Waals surface area contributed by atoms with Crippen molar-refractivity contribution in [1.82, 2.24) is 0 Å². The maximum atomic E-state index is 11.8. The van der Waals surface area contributed by atoms with Crippen molar-refractivity contribution in [3.05, 3.63) is 11.5 Å². The topological polar surface area (TPSA) is 78.9 Å². The van der Waals surface area contributed by atoms with Crippen molar-refractivity contribution in [2.45, 2.75) is 6.92 Å². The number of Topliss-reactive ketones (excluding diaryl/α,β-unsaturated/α-hetero) is 1. The number of carbonyl (C=O) groups excluding carboxylic acids is 1. The van der Waals surface area contributed by atoms with E-state index < -0.39 is 13.4 Å². The molecule has 0 aromatic carbocycles. The summed E-state index contributed by atoms with van der Waals surface area (Å²) < 4.78 is 21.1. The Hall–Kier alpha value is -0.840. The molecule has 0 aliphatic rings. The second kappa shape index (κ2) is 5.80. The van der Waals surface area contributed by atoms with Gasteiger partial charge in [0.1, 0.15) is 11.5 Å². The summed E-state index contributed by atoms with van der Waals surface area (Å²) in [7, 11) is 0.473. The molecule has 0 rings (SSSR count).